The molecule has 2 rings (SSSR count). The highest BCUT2D eigenvalue weighted by atomic mass is 35.5. The number of hydrogen-bond acceptors (Lipinski definition) is 4. The Kier molecular flexibility index (Phi) is 5.59. The van der Waals surface area contributed by atoms with Crippen LogP contribution in [0.2, 0.25) is 0 Å². The second-order valence-corrected chi connectivity index (χ2v) is 6.78. The number of hydrogen-bond donors (Lipinski definition) is 1. The van der Waals surface area contributed by atoms with Crippen LogP contribution >= 0.6 is 23.7 Å². The van der Waals surface area contributed by atoms with Gasteiger partial charge in [0.2, 0.25) is 0 Å². The van der Waals surface area contributed by atoms with Crippen molar-refractivity contribution in [3.8, 4) is 0 Å². The average molecular weight is 290 g/mol. The third kappa shape index (κ3) is 3.92. The van der Waals surface area contributed by atoms with Gasteiger partial charge < -0.3 is 5.32 Å². The maximum atomic E-state index is 4.77. The normalized spacial score (nSPS) is 21.7. The fourth-order valence-corrected chi connectivity index (χ4v) is 2.95. The second-order valence-electron chi connectivity index (χ2n) is 5.92. The summed E-state index contributed by atoms with van der Waals surface area (Å²) in [5, 5.41) is 6.88. The fraction of sp³-hybridized carbons (Fsp3) is 0.769. The summed E-state index contributed by atoms with van der Waals surface area (Å²) in [7, 11) is 0. The van der Waals surface area contributed by atoms with Gasteiger partial charge in [-0.05, 0) is 6.92 Å². The summed E-state index contributed by atoms with van der Waals surface area (Å²) >= 11 is 1.79. The summed E-state index contributed by atoms with van der Waals surface area (Å²) in [6, 6.07) is 0.614. The SMILES string of the molecule is C[C@@H]1CNCCN1Cc1csc(C(C)(C)C)n1.Cl. The van der Waals surface area contributed by atoms with Gasteiger partial charge in [-0.15, -0.1) is 23.7 Å². The van der Waals surface area contributed by atoms with E-state index in [0.29, 0.717) is 6.04 Å². The quantitative estimate of drug-likeness (QED) is 0.907. The molecule has 1 aromatic rings. The third-order valence-corrected chi connectivity index (χ3v) is 4.51. The van der Waals surface area contributed by atoms with Crippen molar-refractivity contribution in [1.29, 1.82) is 0 Å². The van der Waals surface area contributed by atoms with E-state index in [1.54, 1.807) is 11.3 Å². The van der Waals surface area contributed by atoms with E-state index in [4.69, 9.17) is 4.98 Å². The Morgan fingerprint density at radius 1 is 1.50 bits per heavy atom. The van der Waals surface area contributed by atoms with Gasteiger partial charge in [-0.1, -0.05) is 20.8 Å². The molecule has 0 bridgehead atoms. The molecule has 0 radical (unpaired) electrons. The maximum absolute atomic E-state index is 4.77. The monoisotopic (exact) mass is 289 g/mol. The minimum absolute atomic E-state index is 0. The Morgan fingerprint density at radius 3 is 2.78 bits per heavy atom. The number of nitrogens with one attached hydrogen (secondary N) is 1. The van der Waals surface area contributed by atoms with Crippen LogP contribution in [0.5, 0.6) is 0 Å². The van der Waals surface area contributed by atoms with Crippen LogP contribution in [0.1, 0.15) is 38.4 Å². The molecule has 0 spiro atoms. The van der Waals surface area contributed by atoms with E-state index in [0.717, 1.165) is 26.2 Å². The van der Waals surface area contributed by atoms with Crippen molar-refractivity contribution in [2.24, 2.45) is 0 Å². The van der Waals surface area contributed by atoms with Crippen LogP contribution in [0.4, 0.5) is 0 Å². The van der Waals surface area contributed by atoms with Gasteiger partial charge in [0.15, 0.2) is 0 Å². The van der Waals surface area contributed by atoms with E-state index < -0.39 is 0 Å². The molecule has 1 fully saturated rings. The van der Waals surface area contributed by atoms with E-state index >= 15 is 0 Å². The highest BCUT2D eigenvalue weighted by Gasteiger charge is 2.21. The van der Waals surface area contributed by atoms with E-state index in [-0.39, 0.29) is 17.8 Å². The summed E-state index contributed by atoms with van der Waals surface area (Å²) in [6.45, 7) is 13.3. The van der Waals surface area contributed by atoms with E-state index in [9.17, 15) is 0 Å². The molecule has 3 nitrogen and oxygen atoms in total. The molecule has 1 aliphatic heterocycles. The molecule has 18 heavy (non-hydrogen) atoms. The van der Waals surface area contributed by atoms with Crippen molar-refractivity contribution in [3.63, 3.8) is 0 Å². The summed E-state index contributed by atoms with van der Waals surface area (Å²) in [5.41, 5.74) is 1.41. The minimum atomic E-state index is 0. The summed E-state index contributed by atoms with van der Waals surface area (Å²) < 4.78 is 0. The van der Waals surface area contributed by atoms with Crippen molar-refractivity contribution in [2.45, 2.75) is 45.7 Å². The Bertz CT molecular complexity index is 373. The lowest BCUT2D eigenvalue weighted by molar-refractivity contribution is 0.164. The zero-order valence-electron chi connectivity index (χ0n) is 11.7. The Morgan fingerprint density at radius 2 is 2.22 bits per heavy atom. The number of halogens is 1. The van der Waals surface area contributed by atoms with Crippen LogP contribution in [-0.2, 0) is 12.0 Å². The zero-order chi connectivity index (χ0) is 12.5. The van der Waals surface area contributed by atoms with Gasteiger partial charge in [-0.2, -0.15) is 0 Å². The summed E-state index contributed by atoms with van der Waals surface area (Å²) in [4.78, 5) is 7.28. The average Bonchev–Trinajstić information content (AvgIpc) is 2.69. The molecule has 0 saturated carbocycles. The van der Waals surface area contributed by atoms with Crippen LogP contribution in [0.3, 0.4) is 0 Å². The second kappa shape index (κ2) is 6.33. The smallest absolute Gasteiger partial charge is 0.0982 e. The predicted molar refractivity (Wildman–Crippen MR) is 80.8 cm³/mol. The minimum Gasteiger partial charge on any atom is -0.314 e. The van der Waals surface area contributed by atoms with Crippen LogP contribution in [0, 0.1) is 0 Å². The van der Waals surface area contributed by atoms with Gasteiger partial charge in [-0.25, -0.2) is 4.98 Å². The first-order valence-corrected chi connectivity index (χ1v) is 7.24. The number of rotatable bonds is 2. The summed E-state index contributed by atoms with van der Waals surface area (Å²) in [6.07, 6.45) is 0. The number of aromatic nitrogens is 1. The van der Waals surface area contributed by atoms with Gasteiger partial charge >= 0.3 is 0 Å². The first kappa shape index (κ1) is 15.9. The summed E-state index contributed by atoms with van der Waals surface area (Å²) in [5.74, 6) is 0. The molecular weight excluding hydrogens is 266 g/mol. The van der Waals surface area contributed by atoms with Gasteiger partial charge in [0.25, 0.3) is 0 Å². The van der Waals surface area contributed by atoms with Crippen LogP contribution in [-0.4, -0.2) is 35.6 Å². The van der Waals surface area contributed by atoms with Crippen molar-refractivity contribution < 1.29 is 0 Å². The van der Waals surface area contributed by atoms with Crippen LogP contribution < -0.4 is 5.32 Å². The van der Waals surface area contributed by atoms with Gasteiger partial charge in [0, 0.05) is 43.0 Å². The van der Waals surface area contributed by atoms with Crippen molar-refractivity contribution >= 4 is 23.7 Å². The van der Waals surface area contributed by atoms with E-state index in [1.807, 2.05) is 0 Å². The molecule has 5 heteroatoms. The lowest BCUT2D eigenvalue weighted by Gasteiger charge is -2.33. The van der Waals surface area contributed by atoms with Crippen LogP contribution in [0.25, 0.3) is 0 Å². The van der Waals surface area contributed by atoms with Crippen molar-refractivity contribution in [1.82, 2.24) is 15.2 Å². The highest BCUT2D eigenvalue weighted by Crippen LogP contribution is 2.26. The van der Waals surface area contributed by atoms with Crippen molar-refractivity contribution in [3.05, 3.63) is 16.1 Å². The number of piperazine rings is 1. The molecular formula is C13H24ClN3S. The molecule has 1 N–H and O–H groups in total. The van der Waals surface area contributed by atoms with E-state index in [1.165, 1.54) is 10.7 Å². The maximum Gasteiger partial charge on any atom is 0.0982 e. The first-order valence-electron chi connectivity index (χ1n) is 6.36. The van der Waals surface area contributed by atoms with E-state index in [2.05, 4.69) is 43.3 Å². The Hall–Kier alpha value is -0.160. The standard InChI is InChI=1S/C13H23N3S.ClH/c1-10-7-14-5-6-16(10)8-11-9-17-12(15-11)13(2,3)4;/h9-10,14H,5-8H2,1-4H3;1H/t10-;/m1./s1. The lowest BCUT2D eigenvalue weighted by Crippen LogP contribution is -2.49. The third-order valence-electron chi connectivity index (χ3n) is 3.20. The molecule has 1 aromatic heterocycles. The largest absolute Gasteiger partial charge is 0.314 e. The molecule has 2 heterocycles. The number of nitrogens with zero attached hydrogens (tertiary/aromatic N) is 2. The fourth-order valence-electron chi connectivity index (χ4n) is 2.05. The molecule has 0 unspecified atom stereocenters. The molecule has 0 aromatic carbocycles. The highest BCUT2D eigenvalue weighted by molar-refractivity contribution is 7.09. The predicted octanol–water partition coefficient (Wildman–Crippen LogP) is 2.66. The zero-order valence-corrected chi connectivity index (χ0v) is 13.3. The molecule has 1 atom stereocenters. The van der Waals surface area contributed by atoms with Gasteiger partial charge in [-0.3, -0.25) is 4.90 Å². The molecule has 0 amide bonds. The molecule has 0 aliphatic carbocycles. The number of thiazole rings is 1. The van der Waals surface area contributed by atoms with Crippen molar-refractivity contribution in [2.75, 3.05) is 19.6 Å². The Labute approximate surface area is 120 Å². The lowest BCUT2D eigenvalue weighted by atomic mass is 9.98. The molecule has 1 saturated heterocycles. The molecule has 1 aliphatic rings. The first-order chi connectivity index (χ1) is 7.97. The molecule has 104 valence electrons. The topological polar surface area (TPSA) is 28.2 Å². The van der Waals surface area contributed by atoms with Gasteiger partial charge in [0.1, 0.15) is 0 Å². The van der Waals surface area contributed by atoms with Gasteiger partial charge in [0.05, 0.1) is 10.7 Å². The van der Waals surface area contributed by atoms with Crippen LogP contribution in [0.15, 0.2) is 5.38 Å². The Balaban J connectivity index is 0.00000162.